The van der Waals surface area contributed by atoms with Crippen molar-refractivity contribution in [3.63, 3.8) is 0 Å². The highest BCUT2D eigenvalue weighted by molar-refractivity contribution is 5.68. The van der Waals surface area contributed by atoms with Crippen molar-refractivity contribution in [2.24, 2.45) is 5.92 Å². The lowest BCUT2D eigenvalue weighted by molar-refractivity contribution is -0.0232. The van der Waals surface area contributed by atoms with Crippen LogP contribution in [0.1, 0.15) is 52.0 Å². The molecule has 0 atom stereocenters. The van der Waals surface area contributed by atoms with E-state index in [0.29, 0.717) is 19.5 Å². The minimum Gasteiger partial charge on any atom is -0.444 e. The maximum absolute atomic E-state index is 14.2. The van der Waals surface area contributed by atoms with Crippen molar-refractivity contribution < 1.29 is 18.3 Å². The van der Waals surface area contributed by atoms with E-state index in [1.807, 2.05) is 20.8 Å². The summed E-state index contributed by atoms with van der Waals surface area (Å²) in [5, 5.41) is 0. The van der Waals surface area contributed by atoms with E-state index in [4.69, 9.17) is 4.74 Å². The van der Waals surface area contributed by atoms with E-state index in [9.17, 15) is 13.6 Å². The molecule has 1 aliphatic heterocycles. The molecule has 134 valence electrons. The highest BCUT2D eigenvalue weighted by Crippen LogP contribution is 2.35. The van der Waals surface area contributed by atoms with Crippen LogP contribution in [0.4, 0.5) is 13.6 Å². The van der Waals surface area contributed by atoms with Crippen molar-refractivity contribution in [2.75, 3.05) is 13.1 Å². The molecule has 0 bridgehead atoms. The molecule has 1 aromatic heterocycles. The average Bonchev–Trinajstić information content (AvgIpc) is 2.53. The SMILES string of the molecule is CC(C)(C)OC(=O)N1CCC(CCC(F)(F)c2cccnc2)CC1. The van der Waals surface area contributed by atoms with E-state index >= 15 is 0 Å². The third-order valence-electron chi connectivity index (χ3n) is 4.22. The second-order valence-corrected chi connectivity index (χ2v) is 7.40. The molecule has 0 aliphatic carbocycles. The van der Waals surface area contributed by atoms with Gasteiger partial charge in [0.25, 0.3) is 5.92 Å². The Morgan fingerprint density at radius 2 is 2.00 bits per heavy atom. The smallest absolute Gasteiger partial charge is 0.410 e. The molecule has 1 fully saturated rings. The van der Waals surface area contributed by atoms with Crippen LogP contribution in [-0.4, -0.2) is 34.7 Å². The van der Waals surface area contributed by atoms with Crippen LogP contribution < -0.4 is 0 Å². The van der Waals surface area contributed by atoms with Gasteiger partial charge in [0.15, 0.2) is 0 Å². The summed E-state index contributed by atoms with van der Waals surface area (Å²) in [5.41, 5.74) is -0.545. The molecule has 4 nitrogen and oxygen atoms in total. The Kier molecular flexibility index (Phi) is 5.78. The zero-order chi connectivity index (χ0) is 17.8. The van der Waals surface area contributed by atoms with Crippen LogP contribution in [0.2, 0.25) is 0 Å². The Balaban J connectivity index is 1.78. The Morgan fingerprint density at radius 3 is 2.54 bits per heavy atom. The van der Waals surface area contributed by atoms with Crippen LogP contribution >= 0.6 is 0 Å². The molecule has 0 spiro atoms. The molecule has 2 heterocycles. The van der Waals surface area contributed by atoms with Crippen LogP contribution in [0, 0.1) is 5.92 Å². The molecular weight excluding hydrogens is 314 g/mol. The van der Waals surface area contributed by atoms with Gasteiger partial charge in [-0.3, -0.25) is 4.98 Å². The van der Waals surface area contributed by atoms with Crippen molar-refractivity contribution in [1.29, 1.82) is 0 Å². The lowest BCUT2D eigenvalue weighted by Gasteiger charge is -2.33. The highest BCUT2D eigenvalue weighted by atomic mass is 19.3. The Hall–Kier alpha value is -1.72. The van der Waals surface area contributed by atoms with Gasteiger partial charge in [0.2, 0.25) is 0 Å². The molecule has 0 aromatic carbocycles. The van der Waals surface area contributed by atoms with E-state index in [1.54, 1.807) is 4.90 Å². The number of amides is 1. The molecule has 1 saturated heterocycles. The fourth-order valence-electron chi connectivity index (χ4n) is 2.84. The number of alkyl halides is 2. The van der Waals surface area contributed by atoms with Crippen molar-refractivity contribution in [3.8, 4) is 0 Å². The van der Waals surface area contributed by atoms with Crippen molar-refractivity contribution in [3.05, 3.63) is 30.1 Å². The molecular formula is C18H26F2N2O2. The number of pyridine rings is 1. The number of likely N-dealkylation sites (tertiary alicyclic amines) is 1. The number of hydrogen-bond donors (Lipinski definition) is 0. The van der Waals surface area contributed by atoms with E-state index < -0.39 is 11.5 Å². The first-order chi connectivity index (χ1) is 11.2. The summed E-state index contributed by atoms with van der Waals surface area (Å²) in [6.07, 6.45) is 4.14. The lowest BCUT2D eigenvalue weighted by atomic mass is 9.90. The minimum atomic E-state index is -2.85. The van der Waals surface area contributed by atoms with Gasteiger partial charge in [0, 0.05) is 37.5 Å². The number of hydrogen-bond acceptors (Lipinski definition) is 3. The van der Waals surface area contributed by atoms with Gasteiger partial charge in [0.05, 0.1) is 0 Å². The summed E-state index contributed by atoms with van der Waals surface area (Å²) in [6, 6.07) is 2.95. The topological polar surface area (TPSA) is 42.4 Å². The summed E-state index contributed by atoms with van der Waals surface area (Å²) < 4.78 is 33.7. The predicted octanol–water partition coefficient (Wildman–Crippen LogP) is 4.60. The minimum absolute atomic E-state index is 0.0313. The van der Waals surface area contributed by atoms with Crippen molar-refractivity contribution >= 4 is 6.09 Å². The van der Waals surface area contributed by atoms with Crippen LogP contribution in [0.3, 0.4) is 0 Å². The summed E-state index contributed by atoms with van der Waals surface area (Å²) in [4.78, 5) is 17.4. The Labute approximate surface area is 142 Å². The van der Waals surface area contributed by atoms with Crippen LogP contribution in [0.15, 0.2) is 24.5 Å². The number of piperidine rings is 1. The quantitative estimate of drug-likeness (QED) is 0.804. The monoisotopic (exact) mass is 340 g/mol. The van der Waals surface area contributed by atoms with E-state index in [2.05, 4.69) is 4.98 Å². The molecule has 6 heteroatoms. The van der Waals surface area contributed by atoms with Gasteiger partial charge in [-0.15, -0.1) is 0 Å². The zero-order valence-electron chi connectivity index (χ0n) is 14.6. The lowest BCUT2D eigenvalue weighted by Crippen LogP contribution is -2.41. The zero-order valence-corrected chi connectivity index (χ0v) is 14.6. The molecule has 0 unspecified atom stereocenters. The normalized spacial score (nSPS) is 17.0. The van der Waals surface area contributed by atoms with Gasteiger partial charge >= 0.3 is 6.09 Å². The standard InChI is InChI=1S/C18H26F2N2O2/c1-17(2,3)24-16(23)22-11-7-14(8-12-22)6-9-18(19,20)15-5-4-10-21-13-15/h4-5,10,13-14H,6-9,11-12H2,1-3H3. The van der Waals surface area contributed by atoms with Gasteiger partial charge in [-0.2, -0.15) is 0 Å². The van der Waals surface area contributed by atoms with Crippen LogP contribution in [0.5, 0.6) is 0 Å². The maximum atomic E-state index is 14.2. The van der Waals surface area contributed by atoms with Gasteiger partial charge in [-0.1, -0.05) is 0 Å². The molecule has 0 saturated carbocycles. The number of halogens is 2. The number of carbonyl (C=O) groups excluding carboxylic acids is 1. The number of nitrogens with zero attached hydrogens (tertiary/aromatic N) is 2. The number of ether oxygens (including phenoxy) is 1. The summed E-state index contributed by atoms with van der Waals surface area (Å²) >= 11 is 0. The molecule has 1 amide bonds. The summed E-state index contributed by atoms with van der Waals surface area (Å²) in [6.45, 7) is 6.63. The Morgan fingerprint density at radius 1 is 1.33 bits per heavy atom. The van der Waals surface area contributed by atoms with Gasteiger partial charge in [-0.25, -0.2) is 13.6 Å². The molecule has 0 N–H and O–H groups in total. The largest absolute Gasteiger partial charge is 0.444 e. The van der Waals surface area contributed by atoms with Gasteiger partial charge in [-0.05, 0) is 58.1 Å². The van der Waals surface area contributed by atoms with Gasteiger partial charge < -0.3 is 9.64 Å². The van der Waals surface area contributed by atoms with Crippen LogP contribution in [0.25, 0.3) is 0 Å². The number of rotatable bonds is 4. The number of carbonyl (C=O) groups is 1. The van der Waals surface area contributed by atoms with E-state index in [0.717, 1.165) is 12.8 Å². The first-order valence-electron chi connectivity index (χ1n) is 8.44. The molecule has 2 rings (SSSR count). The maximum Gasteiger partial charge on any atom is 0.410 e. The highest BCUT2D eigenvalue weighted by Gasteiger charge is 2.33. The van der Waals surface area contributed by atoms with E-state index in [1.165, 1.54) is 24.5 Å². The van der Waals surface area contributed by atoms with Crippen molar-refractivity contribution in [2.45, 2.75) is 58.0 Å². The fourth-order valence-corrected chi connectivity index (χ4v) is 2.84. The molecule has 1 aromatic rings. The van der Waals surface area contributed by atoms with E-state index in [-0.39, 0.29) is 24.0 Å². The second kappa shape index (κ2) is 7.45. The third kappa shape index (κ3) is 5.42. The summed E-state index contributed by atoms with van der Waals surface area (Å²) in [5.74, 6) is -2.64. The molecule has 0 radical (unpaired) electrons. The predicted molar refractivity (Wildman–Crippen MR) is 87.9 cm³/mol. The average molecular weight is 340 g/mol. The van der Waals surface area contributed by atoms with Crippen LogP contribution in [-0.2, 0) is 10.7 Å². The first-order valence-corrected chi connectivity index (χ1v) is 8.44. The molecule has 1 aliphatic rings. The fraction of sp³-hybridized carbons (Fsp3) is 0.667. The molecule has 24 heavy (non-hydrogen) atoms. The third-order valence-corrected chi connectivity index (χ3v) is 4.22. The van der Waals surface area contributed by atoms with Crippen molar-refractivity contribution in [1.82, 2.24) is 9.88 Å². The Bertz CT molecular complexity index is 536. The summed E-state index contributed by atoms with van der Waals surface area (Å²) in [7, 11) is 0. The first kappa shape index (κ1) is 18.6. The number of aromatic nitrogens is 1. The van der Waals surface area contributed by atoms with Gasteiger partial charge in [0.1, 0.15) is 5.60 Å². The second-order valence-electron chi connectivity index (χ2n) is 7.40.